The van der Waals surface area contributed by atoms with E-state index >= 15 is 0 Å². The monoisotopic (exact) mass is 273 g/mol. The molecule has 0 bridgehead atoms. The predicted molar refractivity (Wildman–Crippen MR) is 81.2 cm³/mol. The summed E-state index contributed by atoms with van der Waals surface area (Å²) in [4.78, 5) is 4.27. The van der Waals surface area contributed by atoms with Crippen molar-refractivity contribution in [2.75, 3.05) is 13.7 Å². The van der Waals surface area contributed by atoms with E-state index in [1.807, 2.05) is 25.4 Å². The number of nitrogens with one attached hydrogen (secondary N) is 1. The minimum absolute atomic E-state index is 0.341. The summed E-state index contributed by atoms with van der Waals surface area (Å²) in [5, 5.41) is 3.44. The van der Waals surface area contributed by atoms with Crippen molar-refractivity contribution in [1.29, 1.82) is 0 Å². The van der Waals surface area contributed by atoms with Crippen LogP contribution in [0.2, 0.25) is 0 Å². The molecular weight excluding hydrogens is 250 g/mol. The smallest absolute Gasteiger partial charge is 0.123 e. The Morgan fingerprint density at radius 3 is 2.80 bits per heavy atom. The van der Waals surface area contributed by atoms with Gasteiger partial charge >= 0.3 is 0 Å². The van der Waals surface area contributed by atoms with Crippen LogP contribution in [0.15, 0.2) is 30.6 Å². The van der Waals surface area contributed by atoms with Gasteiger partial charge in [0.05, 0.1) is 13.7 Å². The minimum atomic E-state index is 0.341. The number of benzene rings is 1. The van der Waals surface area contributed by atoms with E-state index in [0.29, 0.717) is 6.04 Å². The number of methoxy groups -OCH3 is 1. The van der Waals surface area contributed by atoms with E-state index in [9.17, 15) is 0 Å². The summed E-state index contributed by atoms with van der Waals surface area (Å²) in [7, 11) is 1.72. The zero-order valence-electron chi connectivity index (χ0n) is 12.7. The van der Waals surface area contributed by atoms with Gasteiger partial charge in [-0.05, 0) is 38.1 Å². The van der Waals surface area contributed by atoms with E-state index in [4.69, 9.17) is 4.74 Å². The summed E-state index contributed by atoms with van der Waals surface area (Å²) in [6.07, 6.45) is 3.82. The van der Waals surface area contributed by atoms with Gasteiger partial charge in [0.15, 0.2) is 0 Å². The Morgan fingerprint density at radius 2 is 2.20 bits per heavy atom. The SMILES string of the molecule is CCNC(C)c1ccc(OC)c(Cn2ccnc2C)c1. The van der Waals surface area contributed by atoms with Gasteiger partial charge in [-0.15, -0.1) is 0 Å². The molecule has 1 atom stereocenters. The third kappa shape index (κ3) is 3.20. The van der Waals surface area contributed by atoms with E-state index < -0.39 is 0 Å². The Morgan fingerprint density at radius 1 is 1.40 bits per heavy atom. The van der Waals surface area contributed by atoms with Gasteiger partial charge in [-0.2, -0.15) is 0 Å². The molecule has 0 radical (unpaired) electrons. The number of hydrogen-bond donors (Lipinski definition) is 1. The van der Waals surface area contributed by atoms with Gasteiger partial charge in [0.25, 0.3) is 0 Å². The Balaban J connectivity index is 2.29. The lowest BCUT2D eigenvalue weighted by Gasteiger charge is -2.17. The van der Waals surface area contributed by atoms with Crippen LogP contribution in [0, 0.1) is 6.92 Å². The largest absolute Gasteiger partial charge is 0.496 e. The van der Waals surface area contributed by atoms with E-state index in [1.54, 1.807) is 7.11 Å². The first-order valence-corrected chi connectivity index (χ1v) is 7.03. The summed E-state index contributed by atoms with van der Waals surface area (Å²) in [5.41, 5.74) is 2.45. The highest BCUT2D eigenvalue weighted by molar-refractivity contribution is 5.38. The van der Waals surface area contributed by atoms with Crippen molar-refractivity contribution >= 4 is 0 Å². The highest BCUT2D eigenvalue weighted by atomic mass is 16.5. The molecule has 0 saturated carbocycles. The Labute approximate surface area is 120 Å². The van der Waals surface area contributed by atoms with E-state index in [-0.39, 0.29) is 0 Å². The average Bonchev–Trinajstić information content (AvgIpc) is 2.84. The number of nitrogens with zero attached hydrogens (tertiary/aromatic N) is 2. The Kier molecular flexibility index (Phi) is 4.79. The number of ether oxygens (including phenoxy) is 1. The highest BCUT2D eigenvalue weighted by Gasteiger charge is 2.10. The fraction of sp³-hybridized carbons (Fsp3) is 0.438. The lowest BCUT2D eigenvalue weighted by Crippen LogP contribution is -2.18. The molecule has 1 unspecified atom stereocenters. The van der Waals surface area contributed by atoms with Gasteiger partial charge in [0.2, 0.25) is 0 Å². The van der Waals surface area contributed by atoms with Crippen molar-refractivity contribution in [3.05, 3.63) is 47.5 Å². The second-order valence-corrected chi connectivity index (χ2v) is 4.95. The van der Waals surface area contributed by atoms with Crippen LogP contribution in [0.5, 0.6) is 5.75 Å². The predicted octanol–water partition coefficient (Wildman–Crippen LogP) is 2.92. The molecule has 4 nitrogen and oxygen atoms in total. The van der Waals surface area contributed by atoms with Crippen LogP contribution in [0.3, 0.4) is 0 Å². The Bertz CT molecular complexity index is 563. The van der Waals surface area contributed by atoms with Crippen LogP contribution in [-0.4, -0.2) is 23.2 Å². The van der Waals surface area contributed by atoms with Gasteiger partial charge in [0.1, 0.15) is 11.6 Å². The van der Waals surface area contributed by atoms with Crippen molar-refractivity contribution in [1.82, 2.24) is 14.9 Å². The van der Waals surface area contributed by atoms with Crippen molar-refractivity contribution < 1.29 is 4.74 Å². The molecule has 0 spiro atoms. The Hall–Kier alpha value is -1.81. The topological polar surface area (TPSA) is 39.1 Å². The van der Waals surface area contributed by atoms with Crippen LogP contribution in [-0.2, 0) is 6.54 Å². The molecule has 0 aliphatic carbocycles. The van der Waals surface area contributed by atoms with Gasteiger partial charge in [-0.3, -0.25) is 0 Å². The summed E-state index contributed by atoms with van der Waals surface area (Å²) >= 11 is 0. The first kappa shape index (κ1) is 14.6. The molecule has 0 saturated heterocycles. The van der Waals surface area contributed by atoms with Crippen molar-refractivity contribution in [3.8, 4) is 5.75 Å². The third-order valence-electron chi connectivity index (χ3n) is 3.58. The van der Waals surface area contributed by atoms with Crippen LogP contribution in [0.25, 0.3) is 0 Å². The molecule has 1 aromatic heterocycles. The molecule has 4 heteroatoms. The molecule has 1 N–H and O–H groups in total. The number of rotatable bonds is 6. The number of hydrogen-bond acceptors (Lipinski definition) is 3. The van der Waals surface area contributed by atoms with Gasteiger partial charge in [-0.25, -0.2) is 4.98 Å². The number of aryl methyl sites for hydroxylation is 1. The van der Waals surface area contributed by atoms with Crippen LogP contribution < -0.4 is 10.1 Å². The van der Waals surface area contributed by atoms with Crippen LogP contribution in [0.4, 0.5) is 0 Å². The second-order valence-electron chi connectivity index (χ2n) is 4.95. The molecular formula is C16H23N3O. The maximum atomic E-state index is 5.47. The molecule has 2 rings (SSSR count). The normalized spacial score (nSPS) is 12.4. The molecule has 0 amide bonds. The van der Waals surface area contributed by atoms with Crippen molar-refractivity contribution in [3.63, 3.8) is 0 Å². The van der Waals surface area contributed by atoms with E-state index in [1.165, 1.54) is 11.1 Å². The molecule has 1 heterocycles. The zero-order valence-corrected chi connectivity index (χ0v) is 12.7. The van der Waals surface area contributed by atoms with Crippen molar-refractivity contribution in [2.24, 2.45) is 0 Å². The maximum absolute atomic E-state index is 5.47. The molecule has 0 fully saturated rings. The van der Waals surface area contributed by atoms with E-state index in [2.05, 4.69) is 40.8 Å². The summed E-state index contributed by atoms with van der Waals surface area (Å²) in [6.45, 7) is 8.05. The van der Waals surface area contributed by atoms with Gasteiger partial charge < -0.3 is 14.6 Å². The fourth-order valence-electron chi connectivity index (χ4n) is 2.37. The summed E-state index contributed by atoms with van der Waals surface area (Å²) in [6, 6.07) is 6.72. The van der Waals surface area contributed by atoms with Gasteiger partial charge in [0, 0.05) is 24.0 Å². The van der Waals surface area contributed by atoms with E-state index in [0.717, 1.165) is 24.7 Å². The van der Waals surface area contributed by atoms with Crippen LogP contribution >= 0.6 is 0 Å². The third-order valence-corrected chi connectivity index (χ3v) is 3.58. The molecule has 108 valence electrons. The molecule has 2 aromatic rings. The second kappa shape index (κ2) is 6.57. The van der Waals surface area contributed by atoms with Crippen molar-refractivity contribution in [2.45, 2.75) is 33.4 Å². The maximum Gasteiger partial charge on any atom is 0.123 e. The zero-order chi connectivity index (χ0) is 14.5. The molecule has 0 aliphatic rings. The quantitative estimate of drug-likeness (QED) is 0.879. The first-order valence-electron chi connectivity index (χ1n) is 7.03. The van der Waals surface area contributed by atoms with Gasteiger partial charge in [-0.1, -0.05) is 13.0 Å². The fourth-order valence-corrected chi connectivity index (χ4v) is 2.37. The minimum Gasteiger partial charge on any atom is -0.496 e. The average molecular weight is 273 g/mol. The highest BCUT2D eigenvalue weighted by Crippen LogP contribution is 2.24. The molecule has 0 aliphatic heterocycles. The first-order chi connectivity index (χ1) is 9.65. The lowest BCUT2D eigenvalue weighted by atomic mass is 10.0. The number of imidazole rings is 1. The number of aromatic nitrogens is 2. The lowest BCUT2D eigenvalue weighted by molar-refractivity contribution is 0.407. The molecule has 1 aromatic carbocycles. The standard InChI is InChI=1S/C16H23N3O/c1-5-17-12(2)14-6-7-16(20-4)15(10-14)11-19-9-8-18-13(19)3/h6-10,12,17H,5,11H2,1-4H3. The summed E-state index contributed by atoms with van der Waals surface area (Å²) < 4.78 is 7.60. The van der Waals surface area contributed by atoms with Crippen LogP contribution in [0.1, 0.15) is 36.8 Å². The summed E-state index contributed by atoms with van der Waals surface area (Å²) in [5.74, 6) is 1.93. The molecule has 20 heavy (non-hydrogen) atoms.